The van der Waals surface area contributed by atoms with Crippen LogP contribution in [-0.2, 0) is 26.2 Å². The zero-order chi connectivity index (χ0) is 24.9. The minimum absolute atomic E-state index is 0.257. The lowest BCUT2D eigenvalue weighted by Gasteiger charge is -2.21. The van der Waals surface area contributed by atoms with Gasteiger partial charge in [-0.25, -0.2) is 0 Å². The second-order valence-corrected chi connectivity index (χ2v) is 10.0. The van der Waals surface area contributed by atoms with E-state index in [1.807, 2.05) is 36.4 Å². The Bertz CT molecular complexity index is 1310. The van der Waals surface area contributed by atoms with Crippen LogP contribution in [0.2, 0.25) is 0 Å². The van der Waals surface area contributed by atoms with Crippen molar-refractivity contribution in [2.45, 2.75) is 32.2 Å². The molecule has 0 unspecified atom stereocenters. The number of ether oxygens (including phenoxy) is 3. The minimum atomic E-state index is 0.257. The molecular formula is C31H30BrNO3. The molecule has 0 amide bonds. The summed E-state index contributed by atoms with van der Waals surface area (Å²) >= 11 is 3.72. The van der Waals surface area contributed by atoms with Crippen LogP contribution < -0.4 is 14.2 Å². The maximum Gasteiger partial charge on any atom is 0.162 e. The van der Waals surface area contributed by atoms with E-state index in [1.54, 1.807) is 7.11 Å². The van der Waals surface area contributed by atoms with Crippen molar-refractivity contribution >= 4 is 15.9 Å². The molecule has 0 aliphatic carbocycles. The Balaban J connectivity index is 1.31. The van der Waals surface area contributed by atoms with E-state index in [9.17, 15) is 0 Å². The highest BCUT2D eigenvalue weighted by atomic mass is 79.9. The van der Waals surface area contributed by atoms with Crippen molar-refractivity contribution in [2.75, 3.05) is 14.2 Å². The Morgan fingerprint density at radius 1 is 0.750 bits per heavy atom. The summed E-state index contributed by atoms with van der Waals surface area (Å²) in [4.78, 5) is 2.39. The number of nitrogens with zero attached hydrogens (tertiary/aromatic N) is 1. The first-order chi connectivity index (χ1) is 17.6. The lowest BCUT2D eigenvalue weighted by molar-refractivity contribution is 0.265. The SMILES string of the molecule is COc1cc2c(cc1OCc1ccccc1)[C@H](Cc1ccc(OCc3ccccc3)c(Br)c1)N(C)C2. The van der Waals surface area contributed by atoms with Crippen molar-refractivity contribution in [2.24, 2.45) is 0 Å². The van der Waals surface area contributed by atoms with Crippen molar-refractivity contribution in [1.82, 2.24) is 4.90 Å². The molecule has 1 aliphatic heterocycles. The van der Waals surface area contributed by atoms with Crippen LogP contribution in [0.1, 0.15) is 33.9 Å². The van der Waals surface area contributed by atoms with Crippen molar-refractivity contribution < 1.29 is 14.2 Å². The number of likely N-dealkylation sites (N-methyl/N-ethyl adjacent to an activating group) is 1. The van der Waals surface area contributed by atoms with E-state index >= 15 is 0 Å². The molecule has 4 aromatic carbocycles. The molecule has 1 aliphatic rings. The van der Waals surface area contributed by atoms with Gasteiger partial charge in [-0.2, -0.15) is 0 Å². The zero-order valence-electron chi connectivity index (χ0n) is 20.6. The van der Waals surface area contributed by atoms with E-state index in [1.165, 1.54) is 16.7 Å². The highest BCUT2D eigenvalue weighted by molar-refractivity contribution is 9.10. The Hall–Kier alpha value is -3.28. The summed E-state index contributed by atoms with van der Waals surface area (Å²) in [6.45, 7) is 1.94. The first kappa shape index (κ1) is 24.4. The Kier molecular flexibility index (Phi) is 7.59. The molecule has 0 N–H and O–H groups in total. The molecule has 0 saturated carbocycles. The average molecular weight is 544 g/mol. The van der Waals surface area contributed by atoms with Crippen LogP contribution >= 0.6 is 15.9 Å². The molecule has 1 atom stereocenters. The molecule has 0 saturated heterocycles. The third-order valence-electron chi connectivity index (χ3n) is 6.64. The summed E-state index contributed by atoms with van der Waals surface area (Å²) in [6.07, 6.45) is 0.894. The lowest BCUT2D eigenvalue weighted by atomic mass is 9.97. The second-order valence-electron chi connectivity index (χ2n) is 9.15. The molecule has 5 heteroatoms. The van der Waals surface area contributed by atoms with E-state index in [0.717, 1.165) is 45.8 Å². The van der Waals surface area contributed by atoms with Crippen LogP contribution in [-0.4, -0.2) is 19.1 Å². The number of hydrogen-bond donors (Lipinski definition) is 0. The van der Waals surface area contributed by atoms with E-state index in [4.69, 9.17) is 14.2 Å². The Labute approximate surface area is 221 Å². The molecule has 0 aromatic heterocycles. The normalized spacial score (nSPS) is 14.9. The number of hydrogen-bond acceptors (Lipinski definition) is 4. The quantitative estimate of drug-likeness (QED) is 0.221. The fourth-order valence-corrected chi connectivity index (χ4v) is 5.24. The molecule has 0 spiro atoms. The monoisotopic (exact) mass is 543 g/mol. The predicted molar refractivity (Wildman–Crippen MR) is 147 cm³/mol. The van der Waals surface area contributed by atoms with Crippen LogP contribution in [0.5, 0.6) is 17.2 Å². The molecule has 184 valence electrons. The van der Waals surface area contributed by atoms with Gasteiger partial charge in [0, 0.05) is 12.6 Å². The summed E-state index contributed by atoms with van der Waals surface area (Å²) < 4.78 is 18.9. The predicted octanol–water partition coefficient (Wildman–Crippen LogP) is 7.34. The number of methoxy groups -OCH3 is 1. The van der Waals surface area contributed by atoms with Gasteiger partial charge in [0.1, 0.15) is 19.0 Å². The molecule has 0 fully saturated rings. The lowest BCUT2D eigenvalue weighted by Crippen LogP contribution is -2.18. The maximum absolute atomic E-state index is 6.20. The summed E-state index contributed by atoms with van der Waals surface area (Å²) in [6, 6.07) is 31.4. The van der Waals surface area contributed by atoms with Gasteiger partial charge in [-0.15, -0.1) is 0 Å². The van der Waals surface area contributed by atoms with Gasteiger partial charge in [0.25, 0.3) is 0 Å². The van der Waals surface area contributed by atoms with Gasteiger partial charge < -0.3 is 14.2 Å². The number of benzene rings is 4. The first-order valence-corrected chi connectivity index (χ1v) is 12.9. The topological polar surface area (TPSA) is 30.9 Å². The summed E-state index contributed by atoms with van der Waals surface area (Å²) in [7, 11) is 3.88. The van der Waals surface area contributed by atoms with E-state index in [-0.39, 0.29) is 6.04 Å². The van der Waals surface area contributed by atoms with Crippen molar-refractivity contribution in [1.29, 1.82) is 0 Å². The Morgan fingerprint density at radius 3 is 2.00 bits per heavy atom. The molecule has 5 rings (SSSR count). The molecule has 36 heavy (non-hydrogen) atoms. The van der Waals surface area contributed by atoms with E-state index in [2.05, 4.69) is 82.5 Å². The van der Waals surface area contributed by atoms with Crippen LogP contribution in [0.4, 0.5) is 0 Å². The van der Waals surface area contributed by atoms with Crippen molar-refractivity contribution in [3.63, 3.8) is 0 Å². The number of fused-ring (bicyclic) bond motifs is 1. The van der Waals surface area contributed by atoms with Gasteiger partial charge >= 0.3 is 0 Å². The molecule has 0 bridgehead atoms. The fraction of sp³-hybridized carbons (Fsp3) is 0.226. The summed E-state index contributed by atoms with van der Waals surface area (Å²) in [5.74, 6) is 2.41. The van der Waals surface area contributed by atoms with E-state index < -0.39 is 0 Å². The van der Waals surface area contributed by atoms with Gasteiger partial charge in [0.05, 0.1) is 11.6 Å². The third kappa shape index (κ3) is 5.58. The molecule has 4 aromatic rings. The number of rotatable bonds is 9. The maximum atomic E-state index is 6.20. The standard InChI is InChI=1S/C31H30BrNO3/c1-33-19-25-17-30(34-2)31(36-21-23-11-7-4-8-12-23)18-26(25)28(33)16-24-13-14-29(27(32)15-24)35-20-22-9-5-3-6-10-22/h3-15,17-18,28H,16,19-21H2,1-2H3/t28-/m0/s1. The van der Waals surface area contributed by atoms with Crippen molar-refractivity contribution in [3.8, 4) is 17.2 Å². The molecule has 0 radical (unpaired) electrons. The van der Waals surface area contributed by atoms with Gasteiger partial charge in [-0.1, -0.05) is 66.7 Å². The molecule has 4 nitrogen and oxygen atoms in total. The smallest absolute Gasteiger partial charge is 0.162 e. The third-order valence-corrected chi connectivity index (χ3v) is 7.26. The van der Waals surface area contributed by atoms with E-state index in [0.29, 0.717) is 13.2 Å². The summed E-state index contributed by atoms with van der Waals surface area (Å²) in [5.41, 5.74) is 6.11. The van der Waals surface area contributed by atoms with Crippen LogP contribution in [0.25, 0.3) is 0 Å². The molecular weight excluding hydrogens is 514 g/mol. The highest BCUT2D eigenvalue weighted by Gasteiger charge is 2.30. The fourth-order valence-electron chi connectivity index (χ4n) is 4.70. The number of halogens is 1. The average Bonchev–Trinajstić information content (AvgIpc) is 3.21. The van der Waals surface area contributed by atoms with Gasteiger partial charge in [-0.05, 0) is 81.5 Å². The largest absolute Gasteiger partial charge is 0.493 e. The zero-order valence-corrected chi connectivity index (χ0v) is 22.2. The van der Waals surface area contributed by atoms with Gasteiger partial charge in [0.2, 0.25) is 0 Å². The minimum Gasteiger partial charge on any atom is -0.493 e. The molecule has 1 heterocycles. The van der Waals surface area contributed by atoms with Gasteiger partial charge in [-0.3, -0.25) is 4.90 Å². The first-order valence-electron chi connectivity index (χ1n) is 12.1. The highest BCUT2D eigenvalue weighted by Crippen LogP contribution is 2.42. The van der Waals surface area contributed by atoms with Crippen LogP contribution in [0.3, 0.4) is 0 Å². The Morgan fingerprint density at radius 2 is 1.39 bits per heavy atom. The van der Waals surface area contributed by atoms with Crippen molar-refractivity contribution in [3.05, 3.63) is 123 Å². The second kappa shape index (κ2) is 11.2. The van der Waals surface area contributed by atoms with Crippen LogP contribution in [0, 0.1) is 0 Å². The van der Waals surface area contributed by atoms with Crippen LogP contribution in [0.15, 0.2) is 95.5 Å². The van der Waals surface area contributed by atoms with Gasteiger partial charge in [0.15, 0.2) is 11.5 Å². The summed E-state index contributed by atoms with van der Waals surface area (Å²) in [5, 5.41) is 0.